The number of hydrogen-bond acceptors (Lipinski definition) is 2. The Morgan fingerprint density at radius 3 is 2.44 bits per heavy atom. The molecule has 2 nitrogen and oxygen atoms in total. The standard InChI is InChI=1S/C6H11FO2/c1-3-5(4-7)6(8)9-2/h5H,3-4H2,1-2H3. The van der Waals surface area contributed by atoms with E-state index in [1.54, 1.807) is 6.92 Å². The Morgan fingerprint density at radius 1 is 1.78 bits per heavy atom. The Bertz CT molecular complexity index is 89.1. The summed E-state index contributed by atoms with van der Waals surface area (Å²) in [6, 6.07) is 0. The SMILES string of the molecule is CCC(CF)C(=O)OC. The Labute approximate surface area is 54.0 Å². The molecule has 9 heavy (non-hydrogen) atoms. The molecule has 3 heteroatoms. The second kappa shape index (κ2) is 4.30. The maximum atomic E-state index is 11.8. The fourth-order valence-corrected chi connectivity index (χ4v) is 0.505. The van der Waals surface area contributed by atoms with Crippen molar-refractivity contribution in [1.82, 2.24) is 0 Å². The molecule has 1 unspecified atom stereocenters. The zero-order chi connectivity index (χ0) is 7.28. The van der Waals surface area contributed by atoms with Gasteiger partial charge in [0.2, 0.25) is 0 Å². The van der Waals surface area contributed by atoms with Crippen LogP contribution in [0, 0.1) is 5.92 Å². The summed E-state index contributed by atoms with van der Waals surface area (Å²) in [5.74, 6) is -1.02. The molecule has 54 valence electrons. The molecule has 0 radical (unpaired) electrons. The first kappa shape index (κ1) is 8.40. The predicted octanol–water partition coefficient (Wildman–Crippen LogP) is 1.16. The molecule has 1 atom stereocenters. The molecule has 0 N–H and O–H groups in total. The van der Waals surface area contributed by atoms with E-state index in [-0.39, 0.29) is 0 Å². The average Bonchev–Trinajstić information content (AvgIpc) is 1.90. The van der Waals surface area contributed by atoms with E-state index in [0.717, 1.165) is 0 Å². The van der Waals surface area contributed by atoms with Gasteiger partial charge in [0.15, 0.2) is 0 Å². The number of hydrogen-bond donors (Lipinski definition) is 0. The van der Waals surface area contributed by atoms with Crippen LogP contribution in [0.3, 0.4) is 0 Å². The third kappa shape index (κ3) is 2.44. The number of esters is 1. The molecular formula is C6H11FO2. The summed E-state index contributed by atoms with van der Waals surface area (Å²) in [5.41, 5.74) is 0. The molecule has 0 aromatic rings. The van der Waals surface area contributed by atoms with Crippen LogP contribution in [0.5, 0.6) is 0 Å². The third-order valence-electron chi connectivity index (χ3n) is 1.21. The Balaban J connectivity index is 3.64. The summed E-state index contributed by atoms with van der Waals surface area (Å²) >= 11 is 0. The van der Waals surface area contributed by atoms with Crippen LogP contribution >= 0.6 is 0 Å². The summed E-state index contributed by atoms with van der Waals surface area (Å²) in [5, 5.41) is 0. The zero-order valence-electron chi connectivity index (χ0n) is 5.69. The van der Waals surface area contributed by atoms with Gasteiger partial charge in [-0.1, -0.05) is 6.92 Å². The number of rotatable bonds is 3. The van der Waals surface area contributed by atoms with Gasteiger partial charge in [-0.15, -0.1) is 0 Å². The second-order valence-corrected chi connectivity index (χ2v) is 1.78. The minimum absolute atomic E-state index is 0.458. The van der Waals surface area contributed by atoms with Gasteiger partial charge in [-0.05, 0) is 6.42 Å². The van der Waals surface area contributed by atoms with Crippen LogP contribution < -0.4 is 0 Å². The smallest absolute Gasteiger partial charge is 0.311 e. The van der Waals surface area contributed by atoms with Crippen LogP contribution in [0.4, 0.5) is 4.39 Å². The molecule has 0 heterocycles. The molecular weight excluding hydrogens is 123 g/mol. The molecule has 0 aromatic carbocycles. The minimum Gasteiger partial charge on any atom is -0.469 e. The van der Waals surface area contributed by atoms with Crippen molar-refractivity contribution in [3.63, 3.8) is 0 Å². The van der Waals surface area contributed by atoms with Gasteiger partial charge in [0, 0.05) is 0 Å². The van der Waals surface area contributed by atoms with Gasteiger partial charge in [-0.25, -0.2) is 0 Å². The molecule has 0 aliphatic carbocycles. The van der Waals surface area contributed by atoms with Gasteiger partial charge in [0.25, 0.3) is 0 Å². The topological polar surface area (TPSA) is 26.3 Å². The lowest BCUT2D eigenvalue weighted by molar-refractivity contribution is -0.146. The highest BCUT2D eigenvalue weighted by molar-refractivity contribution is 5.72. The van der Waals surface area contributed by atoms with E-state index in [4.69, 9.17) is 0 Å². The van der Waals surface area contributed by atoms with Crippen molar-refractivity contribution in [3.05, 3.63) is 0 Å². The van der Waals surface area contributed by atoms with Crippen molar-refractivity contribution in [2.75, 3.05) is 13.8 Å². The number of ether oxygens (including phenoxy) is 1. The van der Waals surface area contributed by atoms with E-state index in [9.17, 15) is 9.18 Å². The number of carbonyl (C=O) groups is 1. The number of carbonyl (C=O) groups excluding carboxylic acids is 1. The van der Waals surface area contributed by atoms with Crippen molar-refractivity contribution in [2.45, 2.75) is 13.3 Å². The van der Waals surface area contributed by atoms with Gasteiger partial charge in [-0.2, -0.15) is 0 Å². The molecule has 0 spiro atoms. The number of methoxy groups -OCH3 is 1. The van der Waals surface area contributed by atoms with Gasteiger partial charge >= 0.3 is 5.97 Å². The van der Waals surface area contributed by atoms with E-state index in [0.29, 0.717) is 6.42 Å². The first-order valence-corrected chi connectivity index (χ1v) is 2.90. The predicted molar refractivity (Wildman–Crippen MR) is 31.8 cm³/mol. The highest BCUT2D eigenvalue weighted by Crippen LogP contribution is 2.04. The molecule has 0 bridgehead atoms. The maximum absolute atomic E-state index is 11.8. The first-order chi connectivity index (χ1) is 4.26. The molecule has 0 aliphatic rings. The van der Waals surface area contributed by atoms with E-state index < -0.39 is 18.6 Å². The fourth-order valence-electron chi connectivity index (χ4n) is 0.505. The Kier molecular flexibility index (Phi) is 4.01. The lowest BCUT2D eigenvalue weighted by Crippen LogP contribution is -2.16. The van der Waals surface area contributed by atoms with Crippen LogP contribution in [0.2, 0.25) is 0 Å². The summed E-state index contributed by atoms with van der Waals surface area (Å²) in [7, 11) is 1.26. The molecule has 0 saturated carbocycles. The molecule has 0 amide bonds. The third-order valence-corrected chi connectivity index (χ3v) is 1.21. The Hall–Kier alpha value is -0.600. The van der Waals surface area contributed by atoms with Crippen LogP contribution in [-0.4, -0.2) is 19.8 Å². The number of alkyl halides is 1. The molecule has 0 saturated heterocycles. The first-order valence-electron chi connectivity index (χ1n) is 2.90. The van der Waals surface area contributed by atoms with Crippen LogP contribution in [0.1, 0.15) is 13.3 Å². The van der Waals surface area contributed by atoms with Gasteiger partial charge in [0.05, 0.1) is 13.0 Å². The lowest BCUT2D eigenvalue weighted by Gasteiger charge is -2.05. The van der Waals surface area contributed by atoms with Crippen molar-refractivity contribution >= 4 is 5.97 Å². The maximum Gasteiger partial charge on any atom is 0.311 e. The van der Waals surface area contributed by atoms with Crippen LogP contribution in [0.25, 0.3) is 0 Å². The molecule has 0 aromatic heterocycles. The van der Waals surface area contributed by atoms with Crippen molar-refractivity contribution < 1.29 is 13.9 Å². The largest absolute Gasteiger partial charge is 0.469 e. The zero-order valence-corrected chi connectivity index (χ0v) is 5.69. The van der Waals surface area contributed by atoms with Crippen molar-refractivity contribution in [3.8, 4) is 0 Å². The fraction of sp³-hybridized carbons (Fsp3) is 0.833. The highest BCUT2D eigenvalue weighted by Gasteiger charge is 2.15. The normalized spacial score (nSPS) is 12.8. The van der Waals surface area contributed by atoms with Gasteiger partial charge < -0.3 is 4.74 Å². The van der Waals surface area contributed by atoms with Crippen molar-refractivity contribution in [1.29, 1.82) is 0 Å². The van der Waals surface area contributed by atoms with E-state index >= 15 is 0 Å². The average molecular weight is 134 g/mol. The van der Waals surface area contributed by atoms with E-state index in [2.05, 4.69) is 4.74 Å². The lowest BCUT2D eigenvalue weighted by atomic mass is 10.1. The molecule has 0 aliphatic heterocycles. The summed E-state index contributed by atoms with van der Waals surface area (Å²) in [6.45, 7) is 1.13. The van der Waals surface area contributed by atoms with Crippen molar-refractivity contribution in [2.24, 2.45) is 5.92 Å². The van der Waals surface area contributed by atoms with Gasteiger partial charge in [0.1, 0.15) is 6.67 Å². The highest BCUT2D eigenvalue weighted by atomic mass is 19.1. The molecule has 0 rings (SSSR count). The number of halogens is 1. The monoisotopic (exact) mass is 134 g/mol. The summed E-state index contributed by atoms with van der Waals surface area (Å²) < 4.78 is 16.1. The summed E-state index contributed by atoms with van der Waals surface area (Å²) in [6.07, 6.45) is 0.503. The second-order valence-electron chi connectivity index (χ2n) is 1.78. The van der Waals surface area contributed by atoms with E-state index in [1.165, 1.54) is 7.11 Å². The quantitative estimate of drug-likeness (QED) is 0.541. The summed E-state index contributed by atoms with van der Waals surface area (Å²) in [4.78, 5) is 10.5. The minimum atomic E-state index is -0.622. The van der Waals surface area contributed by atoms with E-state index in [1.807, 2.05) is 0 Å². The molecule has 0 fully saturated rings. The van der Waals surface area contributed by atoms with Gasteiger partial charge in [-0.3, -0.25) is 9.18 Å². The Morgan fingerprint density at radius 2 is 2.33 bits per heavy atom. The van der Waals surface area contributed by atoms with Crippen LogP contribution in [-0.2, 0) is 9.53 Å². The van der Waals surface area contributed by atoms with Crippen LogP contribution in [0.15, 0.2) is 0 Å².